The van der Waals surface area contributed by atoms with E-state index in [1.54, 1.807) is 10.8 Å². The van der Waals surface area contributed by atoms with Crippen LogP contribution < -0.4 is 0 Å². The van der Waals surface area contributed by atoms with E-state index in [0.717, 1.165) is 27.7 Å². The molecule has 25 heavy (non-hydrogen) atoms. The monoisotopic (exact) mass is 400 g/mol. The first kappa shape index (κ1) is 24.8. The summed E-state index contributed by atoms with van der Waals surface area (Å²) < 4.78 is 1.04. The SMILES string of the molecule is CC(C)C.CCC(=S)SSC(C)C1C=CC(C)=C(O)C(C(C)(C)C)=C1. The predicted molar refractivity (Wildman–Crippen MR) is 124 cm³/mol. The van der Waals surface area contributed by atoms with Crippen LogP contribution in [-0.4, -0.2) is 14.6 Å². The Balaban J connectivity index is 0.00000129. The molecule has 0 aromatic rings. The molecule has 1 aliphatic carbocycles. The van der Waals surface area contributed by atoms with E-state index in [4.69, 9.17) is 12.2 Å². The highest BCUT2D eigenvalue weighted by atomic mass is 33.1. The highest BCUT2D eigenvalue weighted by molar-refractivity contribution is 8.83. The number of rotatable bonds is 4. The van der Waals surface area contributed by atoms with E-state index in [2.05, 4.69) is 67.5 Å². The smallest absolute Gasteiger partial charge is 0.121 e. The Hall–Kier alpha value is -0.190. The van der Waals surface area contributed by atoms with Crippen LogP contribution in [0.5, 0.6) is 0 Å². The fraction of sp³-hybridized carbons (Fsp3) is 0.667. The summed E-state index contributed by atoms with van der Waals surface area (Å²) in [6.07, 6.45) is 7.38. The third-order valence-corrected chi connectivity index (χ3v) is 7.33. The maximum atomic E-state index is 10.4. The lowest BCUT2D eigenvalue weighted by molar-refractivity contribution is 0.373. The first-order chi connectivity index (χ1) is 11.4. The minimum atomic E-state index is -0.0636. The summed E-state index contributed by atoms with van der Waals surface area (Å²) in [5.41, 5.74) is 1.91. The minimum absolute atomic E-state index is 0.0636. The number of hydrogen-bond donors (Lipinski definition) is 1. The van der Waals surface area contributed by atoms with Gasteiger partial charge < -0.3 is 5.11 Å². The van der Waals surface area contributed by atoms with Gasteiger partial charge in [-0.3, -0.25) is 0 Å². The fourth-order valence-corrected chi connectivity index (χ4v) is 4.57. The molecular weight excluding hydrogens is 364 g/mol. The highest BCUT2D eigenvalue weighted by Gasteiger charge is 2.26. The molecule has 0 saturated heterocycles. The molecule has 1 aliphatic rings. The third kappa shape index (κ3) is 9.91. The van der Waals surface area contributed by atoms with E-state index in [0.29, 0.717) is 16.9 Å². The van der Waals surface area contributed by atoms with Gasteiger partial charge >= 0.3 is 0 Å². The van der Waals surface area contributed by atoms with Crippen LogP contribution in [0.15, 0.2) is 35.1 Å². The maximum Gasteiger partial charge on any atom is 0.121 e. The van der Waals surface area contributed by atoms with Crippen molar-refractivity contribution < 1.29 is 5.11 Å². The molecule has 1 nitrogen and oxygen atoms in total. The van der Waals surface area contributed by atoms with Crippen LogP contribution in [0.3, 0.4) is 0 Å². The number of hydrogen-bond acceptors (Lipinski definition) is 4. The van der Waals surface area contributed by atoms with Gasteiger partial charge in [0, 0.05) is 11.2 Å². The zero-order chi connectivity index (χ0) is 19.8. The van der Waals surface area contributed by atoms with E-state index < -0.39 is 0 Å². The molecule has 2 atom stereocenters. The van der Waals surface area contributed by atoms with E-state index >= 15 is 0 Å². The van der Waals surface area contributed by atoms with Gasteiger partial charge in [-0.15, -0.1) is 0 Å². The summed E-state index contributed by atoms with van der Waals surface area (Å²) in [4.78, 5) is 0. The molecule has 2 unspecified atom stereocenters. The van der Waals surface area contributed by atoms with Gasteiger partial charge in [0.05, 0.1) is 4.20 Å². The molecule has 4 heteroatoms. The lowest BCUT2D eigenvalue weighted by Crippen LogP contribution is -2.15. The van der Waals surface area contributed by atoms with E-state index in [1.165, 1.54) is 0 Å². The van der Waals surface area contributed by atoms with Gasteiger partial charge in [0.1, 0.15) is 5.76 Å². The molecule has 0 radical (unpaired) electrons. The van der Waals surface area contributed by atoms with Crippen molar-refractivity contribution in [2.24, 2.45) is 17.3 Å². The van der Waals surface area contributed by atoms with Crippen LogP contribution in [0.1, 0.15) is 68.7 Å². The molecule has 1 rings (SSSR count). The van der Waals surface area contributed by atoms with Crippen molar-refractivity contribution in [3.8, 4) is 0 Å². The Morgan fingerprint density at radius 2 is 1.76 bits per heavy atom. The largest absolute Gasteiger partial charge is 0.507 e. The van der Waals surface area contributed by atoms with Crippen molar-refractivity contribution in [3.63, 3.8) is 0 Å². The van der Waals surface area contributed by atoms with Crippen molar-refractivity contribution >= 4 is 38.0 Å². The Kier molecular flexibility index (Phi) is 11.4. The summed E-state index contributed by atoms with van der Waals surface area (Å²) in [6.45, 7) is 19.2. The lowest BCUT2D eigenvalue weighted by atomic mass is 9.82. The first-order valence-electron chi connectivity index (χ1n) is 9.06. The standard InChI is InChI=1S/C17H26OS3.C4H10/c1-7-15(19)21-20-12(3)13-9-8-11(2)16(18)14(10-13)17(4,5)6;1-4(2)3/h8-10,12-13,18H,7H2,1-6H3;4H,1-3H3. The van der Waals surface area contributed by atoms with Gasteiger partial charge in [-0.05, 0) is 35.8 Å². The van der Waals surface area contributed by atoms with Crippen LogP contribution >= 0.6 is 33.8 Å². The summed E-state index contributed by atoms with van der Waals surface area (Å²) >= 11 is 5.28. The fourth-order valence-electron chi connectivity index (χ4n) is 2.02. The van der Waals surface area contributed by atoms with Crippen LogP contribution in [0.25, 0.3) is 0 Å². The molecule has 0 aromatic heterocycles. The molecule has 0 fully saturated rings. The van der Waals surface area contributed by atoms with Crippen molar-refractivity contribution in [1.29, 1.82) is 0 Å². The van der Waals surface area contributed by atoms with Gasteiger partial charge in [0.25, 0.3) is 0 Å². The number of aliphatic hydroxyl groups excluding tert-OH is 1. The second kappa shape index (κ2) is 11.5. The average molecular weight is 401 g/mol. The maximum absolute atomic E-state index is 10.4. The molecule has 0 aliphatic heterocycles. The second-order valence-electron chi connectivity index (χ2n) is 8.14. The second-order valence-corrected chi connectivity index (χ2v) is 11.6. The Morgan fingerprint density at radius 3 is 2.20 bits per heavy atom. The molecule has 0 saturated carbocycles. The molecule has 0 spiro atoms. The van der Waals surface area contributed by atoms with Gasteiger partial charge in [-0.2, -0.15) is 0 Å². The van der Waals surface area contributed by atoms with Crippen molar-refractivity contribution in [2.75, 3.05) is 0 Å². The molecular formula is C21H36OS3. The first-order valence-corrected chi connectivity index (χ1v) is 11.7. The van der Waals surface area contributed by atoms with Gasteiger partial charge in [-0.25, -0.2) is 0 Å². The van der Waals surface area contributed by atoms with Crippen LogP contribution in [0, 0.1) is 17.3 Å². The van der Waals surface area contributed by atoms with E-state index in [9.17, 15) is 5.11 Å². The molecule has 1 N–H and O–H groups in total. The molecule has 0 aromatic carbocycles. The quantitative estimate of drug-likeness (QED) is 0.379. The zero-order valence-corrected chi connectivity index (χ0v) is 19.8. The van der Waals surface area contributed by atoms with Crippen molar-refractivity contribution in [3.05, 3.63) is 35.1 Å². The van der Waals surface area contributed by atoms with Gasteiger partial charge in [-0.1, -0.05) is 107 Å². The van der Waals surface area contributed by atoms with Crippen LogP contribution in [0.2, 0.25) is 0 Å². The normalized spacial score (nSPS) is 19.1. The third-order valence-electron chi connectivity index (χ3n) is 3.49. The summed E-state index contributed by atoms with van der Waals surface area (Å²) in [5.74, 6) is 1.56. The predicted octanol–water partition coefficient (Wildman–Crippen LogP) is 8.15. The summed E-state index contributed by atoms with van der Waals surface area (Å²) in [6, 6.07) is 0. The number of thiocarbonyl (C=S) groups is 1. The summed E-state index contributed by atoms with van der Waals surface area (Å²) in [5, 5.41) is 10.8. The van der Waals surface area contributed by atoms with Crippen LogP contribution in [-0.2, 0) is 0 Å². The van der Waals surface area contributed by atoms with Gasteiger partial charge in [0.15, 0.2) is 0 Å². The lowest BCUT2D eigenvalue weighted by Gasteiger charge is -2.25. The van der Waals surface area contributed by atoms with Crippen LogP contribution in [0.4, 0.5) is 0 Å². The number of allylic oxidation sites excluding steroid dienone is 5. The van der Waals surface area contributed by atoms with E-state index in [1.807, 2.05) is 23.8 Å². The minimum Gasteiger partial charge on any atom is -0.507 e. The van der Waals surface area contributed by atoms with Gasteiger partial charge in [0.2, 0.25) is 0 Å². The molecule has 0 heterocycles. The molecule has 0 amide bonds. The molecule has 144 valence electrons. The van der Waals surface area contributed by atoms with E-state index in [-0.39, 0.29) is 5.41 Å². The Labute approximate surface area is 169 Å². The zero-order valence-electron chi connectivity index (χ0n) is 17.3. The molecule has 0 bridgehead atoms. The Morgan fingerprint density at radius 1 is 1.24 bits per heavy atom. The number of aliphatic hydroxyl groups is 1. The Bertz CT molecular complexity index is 519. The topological polar surface area (TPSA) is 20.2 Å². The van der Waals surface area contributed by atoms with Crippen molar-refractivity contribution in [1.82, 2.24) is 0 Å². The average Bonchev–Trinajstić information content (AvgIpc) is 2.63. The van der Waals surface area contributed by atoms with Crippen molar-refractivity contribution in [2.45, 2.75) is 74.0 Å². The summed E-state index contributed by atoms with van der Waals surface area (Å²) in [7, 11) is 3.52. The highest BCUT2D eigenvalue weighted by Crippen LogP contribution is 2.39.